The van der Waals surface area contributed by atoms with Gasteiger partial charge in [0.1, 0.15) is 11.6 Å². The lowest BCUT2D eigenvalue weighted by Crippen LogP contribution is -2.50. The Morgan fingerprint density at radius 2 is 1.74 bits per heavy atom. The third-order valence-corrected chi connectivity index (χ3v) is 4.12. The predicted molar refractivity (Wildman–Crippen MR) is 114 cm³/mol. The molecule has 2 N–H and O–H groups in total. The van der Waals surface area contributed by atoms with Gasteiger partial charge in [0.05, 0.1) is 22.3 Å². The Bertz CT molecular complexity index is 670. The van der Waals surface area contributed by atoms with Gasteiger partial charge in [0.15, 0.2) is 5.11 Å². The summed E-state index contributed by atoms with van der Waals surface area (Å²) in [5.41, 5.74) is -0.0847. The highest BCUT2D eigenvalue weighted by Gasteiger charge is 2.27. The minimum absolute atomic E-state index is 0.132. The van der Waals surface area contributed by atoms with E-state index < -0.39 is 23.2 Å². The highest BCUT2D eigenvalue weighted by atomic mass is 35.5. The Balaban J connectivity index is 2.70. The summed E-state index contributed by atoms with van der Waals surface area (Å²) < 4.78 is 11.2. The van der Waals surface area contributed by atoms with Crippen LogP contribution in [0.1, 0.15) is 47.1 Å². The van der Waals surface area contributed by atoms with Crippen molar-refractivity contribution in [1.29, 1.82) is 0 Å². The molecule has 1 atom stereocenters. The molecule has 1 unspecified atom stereocenters. The van der Waals surface area contributed by atoms with Gasteiger partial charge in [0.2, 0.25) is 0 Å². The lowest BCUT2D eigenvalue weighted by Gasteiger charge is -2.28. The Morgan fingerprint density at radius 3 is 2.26 bits per heavy atom. The summed E-state index contributed by atoms with van der Waals surface area (Å²) in [6.07, 6.45) is 0. The van der Waals surface area contributed by atoms with Crippen LogP contribution in [-0.2, 0) is 20.8 Å². The molecule has 0 amide bonds. The molecule has 1 aromatic carbocycles. The van der Waals surface area contributed by atoms with E-state index in [-0.39, 0.29) is 6.61 Å². The molecule has 0 heterocycles. The van der Waals surface area contributed by atoms with Crippen molar-refractivity contribution in [2.45, 2.75) is 65.3 Å². The fraction of sp³-hybridized carbons (Fsp3) is 0.579. The first-order valence-electron chi connectivity index (χ1n) is 8.62. The summed E-state index contributed by atoms with van der Waals surface area (Å²) in [4.78, 5) is 12.5. The molecule has 0 aliphatic heterocycles. The molecule has 1 rings (SSSR count). The van der Waals surface area contributed by atoms with Gasteiger partial charge in [-0.2, -0.15) is 0 Å². The third kappa shape index (κ3) is 10.1. The highest BCUT2D eigenvalue weighted by Crippen LogP contribution is 2.22. The smallest absolute Gasteiger partial charge is 0.331 e. The quantitative estimate of drug-likeness (QED) is 0.508. The zero-order valence-electron chi connectivity index (χ0n) is 16.6. The SMILES string of the molecule is CC(C)(C)OCC(NC(=S)NCc1ccc(Cl)c(Cl)c1)C(=O)OC(C)(C)C. The molecule has 0 fully saturated rings. The Kier molecular flexibility index (Phi) is 8.80. The van der Waals surface area contributed by atoms with Gasteiger partial charge in [-0.15, -0.1) is 0 Å². The molecule has 27 heavy (non-hydrogen) atoms. The monoisotopic (exact) mass is 434 g/mol. The van der Waals surface area contributed by atoms with E-state index in [1.54, 1.807) is 12.1 Å². The number of carbonyl (C=O) groups is 1. The lowest BCUT2D eigenvalue weighted by atomic mass is 10.1. The maximum Gasteiger partial charge on any atom is 0.331 e. The van der Waals surface area contributed by atoms with E-state index >= 15 is 0 Å². The van der Waals surface area contributed by atoms with Crippen molar-refractivity contribution in [3.63, 3.8) is 0 Å². The number of hydrogen-bond donors (Lipinski definition) is 2. The average molecular weight is 435 g/mol. The maximum atomic E-state index is 12.5. The number of thiocarbonyl (C=S) groups is 1. The fourth-order valence-electron chi connectivity index (χ4n) is 1.92. The van der Waals surface area contributed by atoms with Crippen molar-refractivity contribution in [2.75, 3.05) is 6.61 Å². The van der Waals surface area contributed by atoms with Crippen LogP contribution in [0.2, 0.25) is 10.0 Å². The number of benzene rings is 1. The van der Waals surface area contributed by atoms with Crippen molar-refractivity contribution in [1.82, 2.24) is 10.6 Å². The molecule has 0 spiro atoms. The van der Waals surface area contributed by atoms with Gasteiger partial charge >= 0.3 is 5.97 Å². The largest absolute Gasteiger partial charge is 0.458 e. The molecule has 0 bridgehead atoms. The van der Waals surface area contributed by atoms with Crippen LogP contribution in [-0.4, -0.2) is 34.9 Å². The molecular weight excluding hydrogens is 407 g/mol. The molecule has 0 aliphatic carbocycles. The topological polar surface area (TPSA) is 59.6 Å². The van der Waals surface area contributed by atoms with Gasteiger partial charge in [-0.05, 0) is 71.5 Å². The number of esters is 1. The van der Waals surface area contributed by atoms with E-state index in [2.05, 4.69) is 10.6 Å². The third-order valence-electron chi connectivity index (χ3n) is 3.12. The predicted octanol–water partition coefficient (Wildman–Crippen LogP) is 4.48. The molecule has 0 saturated carbocycles. The van der Waals surface area contributed by atoms with Crippen LogP contribution in [0.3, 0.4) is 0 Å². The number of hydrogen-bond acceptors (Lipinski definition) is 4. The number of halogens is 2. The molecule has 0 radical (unpaired) electrons. The van der Waals surface area contributed by atoms with Crippen molar-refractivity contribution >= 4 is 46.5 Å². The summed E-state index contributed by atoms with van der Waals surface area (Å²) in [5, 5.41) is 7.29. The number of carbonyl (C=O) groups excluding carboxylic acids is 1. The second kappa shape index (κ2) is 9.92. The Hall–Kier alpha value is -1.08. The summed E-state index contributed by atoms with van der Waals surface area (Å²) in [6, 6.07) is 4.60. The van der Waals surface area contributed by atoms with E-state index in [1.807, 2.05) is 47.6 Å². The van der Waals surface area contributed by atoms with Crippen molar-refractivity contribution in [3.8, 4) is 0 Å². The first-order valence-corrected chi connectivity index (χ1v) is 9.78. The summed E-state index contributed by atoms with van der Waals surface area (Å²) in [6.45, 7) is 11.8. The standard InChI is InChI=1S/C19H28Cl2N2O3S/c1-18(2,3)25-11-15(16(24)26-19(4,5)6)23-17(27)22-10-12-7-8-13(20)14(21)9-12/h7-9,15H,10-11H2,1-6H3,(H2,22,23,27). The first kappa shape index (κ1) is 24.0. The van der Waals surface area contributed by atoms with E-state index in [9.17, 15) is 4.79 Å². The van der Waals surface area contributed by atoms with E-state index in [0.29, 0.717) is 21.7 Å². The van der Waals surface area contributed by atoms with Crippen LogP contribution < -0.4 is 10.6 Å². The summed E-state index contributed by atoms with van der Waals surface area (Å²) in [7, 11) is 0. The second-order valence-electron chi connectivity index (χ2n) is 8.08. The molecule has 5 nitrogen and oxygen atoms in total. The molecule has 1 aromatic rings. The van der Waals surface area contributed by atoms with Crippen molar-refractivity contribution in [3.05, 3.63) is 33.8 Å². The van der Waals surface area contributed by atoms with Crippen molar-refractivity contribution in [2.24, 2.45) is 0 Å². The van der Waals surface area contributed by atoms with Crippen molar-refractivity contribution < 1.29 is 14.3 Å². The van der Waals surface area contributed by atoms with Crippen LogP contribution in [0, 0.1) is 0 Å². The molecule has 0 aromatic heterocycles. The van der Waals surface area contributed by atoms with Crippen LogP contribution in [0.15, 0.2) is 18.2 Å². The minimum atomic E-state index is -0.725. The molecule has 8 heteroatoms. The van der Waals surface area contributed by atoms with Gasteiger partial charge in [-0.25, -0.2) is 4.79 Å². The summed E-state index contributed by atoms with van der Waals surface area (Å²) in [5.74, 6) is -0.426. The van der Waals surface area contributed by atoms with Gasteiger partial charge in [0.25, 0.3) is 0 Å². The van der Waals surface area contributed by atoms with E-state index in [0.717, 1.165) is 5.56 Å². The highest BCUT2D eigenvalue weighted by molar-refractivity contribution is 7.80. The van der Waals surface area contributed by atoms with Gasteiger partial charge in [-0.1, -0.05) is 29.3 Å². The van der Waals surface area contributed by atoms with Crippen LogP contribution in [0.4, 0.5) is 0 Å². The normalized spacial score (nSPS) is 13.0. The fourth-order valence-corrected chi connectivity index (χ4v) is 2.45. The minimum Gasteiger partial charge on any atom is -0.458 e. The average Bonchev–Trinajstić information content (AvgIpc) is 2.50. The number of nitrogens with one attached hydrogen (secondary N) is 2. The lowest BCUT2D eigenvalue weighted by molar-refractivity contribution is -0.160. The number of rotatable bonds is 6. The zero-order valence-corrected chi connectivity index (χ0v) is 18.9. The molecule has 0 aliphatic rings. The van der Waals surface area contributed by atoms with E-state index in [1.165, 1.54) is 0 Å². The van der Waals surface area contributed by atoms with Crippen LogP contribution in [0.25, 0.3) is 0 Å². The maximum absolute atomic E-state index is 12.5. The van der Waals surface area contributed by atoms with Crippen LogP contribution in [0.5, 0.6) is 0 Å². The second-order valence-corrected chi connectivity index (χ2v) is 9.31. The Labute approximate surface area is 177 Å². The number of ether oxygens (including phenoxy) is 2. The zero-order chi connectivity index (χ0) is 20.8. The van der Waals surface area contributed by atoms with Gasteiger partial charge in [-0.3, -0.25) is 0 Å². The Morgan fingerprint density at radius 1 is 1.11 bits per heavy atom. The molecule has 0 saturated heterocycles. The summed E-state index contributed by atoms with van der Waals surface area (Å²) >= 11 is 17.2. The molecule has 152 valence electrons. The first-order chi connectivity index (χ1) is 12.3. The van der Waals surface area contributed by atoms with E-state index in [4.69, 9.17) is 44.9 Å². The van der Waals surface area contributed by atoms with Gasteiger partial charge < -0.3 is 20.1 Å². The molecular formula is C19H28Cl2N2O3S. The van der Waals surface area contributed by atoms with Crippen LogP contribution >= 0.6 is 35.4 Å². The van der Waals surface area contributed by atoms with Gasteiger partial charge in [0, 0.05) is 6.54 Å².